The molecule has 0 spiro atoms. The molecule has 2 aliphatic rings. The van der Waals surface area contributed by atoms with Crippen LogP contribution in [0.5, 0.6) is 0 Å². The smallest absolute Gasteiger partial charge is 0.251 e. The summed E-state index contributed by atoms with van der Waals surface area (Å²) in [7, 11) is 0. The summed E-state index contributed by atoms with van der Waals surface area (Å²) < 4.78 is 0. The molecule has 0 heterocycles. The Balaban J connectivity index is 1.54. The minimum atomic E-state index is -0.126. The highest BCUT2D eigenvalue weighted by molar-refractivity contribution is 5.94. The van der Waals surface area contributed by atoms with Crippen molar-refractivity contribution in [3.05, 3.63) is 34.9 Å². The lowest BCUT2D eigenvalue weighted by molar-refractivity contribution is 0.0910. The number of rotatable bonds is 3. The molecule has 0 atom stereocenters. The molecule has 1 saturated carbocycles. The highest BCUT2D eigenvalue weighted by Crippen LogP contribution is 2.24. The van der Waals surface area contributed by atoms with Gasteiger partial charge in [0.2, 0.25) is 0 Å². The van der Waals surface area contributed by atoms with Crippen molar-refractivity contribution < 1.29 is 9.90 Å². The molecule has 3 heteroatoms. The molecule has 0 unspecified atom stereocenters. The van der Waals surface area contributed by atoms with Crippen LogP contribution >= 0.6 is 0 Å². The van der Waals surface area contributed by atoms with Crippen LogP contribution in [-0.2, 0) is 12.8 Å². The van der Waals surface area contributed by atoms with Crippen LogP contribution in [0.4, 0.5) is 0 Å². The lowest BCUT2D eigenvalue weighted by Gasteiger charge is -2.25. The zero-order valence-corrected chi connectivity index (χ0v) is 11.9. The Bertz CT molecular complexity index is 490. The van der Waals surface area contributed by atoms with Crippen molar-refractivity contribution in [1.82, 2.24) is 5.32 Å². The predicted molar refractivity (Wildman–Crippen MR) is 78.8 cm³/mol. The molecule has 20 heavy (non-hydrogen) atoms. The third-order valence-corrected chi connectivity index (χ3v) is 4.73. The molecule has 2 aliphatic carbocycles. The zero-order valence-electron chi connectivity index (χ0n) is 11.9. The summed E-state index contributed by atoms with van der Waals surface area (Å²) in [6.45, 7) is 0.739. The van der Waals surface area contributed by atoms with Gasteiger partial charge in [-0.3, -0.25) is 4.79 Å². The minimum absolute atomic E-state index is 0.0471. The Labute approximate surface area is 120 Å². The first-order valence-electron chi connectivity index (χ1n) is 7.80. The molecule has 0 aliphatic heterocycles. The number of hydrogen-bond acceptors (Lipinski definition) is 2. The molecule has 1 amide bonds. The first kappa shape index (κ1) is 13.6. The van der Waals surface area contributed by atoms with Crippen molar-refractivity contribution in [3.63, 3.8) is 0 Å². The summed E-state index contributed by atoms with van der Waals surface area (Å²) in [5.41, 5.74) is 3.54. The second kappa shape index (κ2) is 5.96. The van der Waals surface area contributed by atoms with E-state index in [4.69, 9.17) is 0 Å². The Morgan fingerprint density at radius 2 is 1.90 bits per heavy atom. The highest BCUT2D eigenvalue weighted by Gasteiger charge is 2.20. The summed E-state index contributed by atoms with van der Waals surface area (Å²) in [4.78, 5) is 12.2. The molecule has 3 nitrogen and oxygen atoms in total. The number of carbonyl (C=O) groups is 1. The molecule has 1 fully saturated rings. The van der Waals surface area contributed by atoms with Gasteiger partial charge in [-0.2, -0.15) is 0 Å². The van der Waals surface area contributed by atoms with Crippen molar-refractivity contribution in [2.75, 3.05) is 6.54 Å². The molecule has 1 aromatic carbocycles. The quantitative estimate of drug-likeness (QED) is 0.888. The van der Waals surface area contributed by atoms with Gasteiger partial charge in [0.15, 0.2) is 0 Å². The fourth-order valence-corrected chi connectivity index (χ4v) is 3.40. The molecule has 0 bridgehead atoms. The summed E-state index contributed by atoms with van der Waals surface area (Å²) in [5, 5.41) is 12.5. The standard InChI is InChI=1S/C17H23NO2/c19-16-8-4-12(5-9-16)11-18-17(20)15-7-6-13-2-1-3-14(13)10-15/h6-7,10,12,16,19H,1-5,8-9,11H2,(H,18,20). The Morgan fingerprint density at radius 3 is 2.70 bits per heavy atom. The molecule has 108 valence electrons. The highest BCUT2D eigenvalue weighted by atomic mass is 16.3. The molecule has 0 radical (unpaired) electrons. The van der Waals surface area contributed by atoms with Gasteiger partial charge in [-0.05, 0) is 74.1 Å². The molecular weight excluding hydrogens is 250 g/mol. The van der Waals surface area contributed by atoms with Gasteiger partial charge in [-0.25, -0.2) is 0 Å². The van der Waals surface area contributed by atoms with E-state index >= 15 is 0 Å². The van der Waals surface area contributed by atoms with Crippen LogP contribution in [0.15, 0.2) is 18.2 Å². The van der Waals surface area contributed by atoms with Gasteiger partial charge in [0.05, 0.1) is 6.10 Å². The third-order valence-electron chi connectivity index (χ3n) is 4.73. The van der Waals surface area contributed by atoms with E-state index in [0.717, 1.165) is 50.6 Å². The first-order chi connectivity index (χ1) is 9.72. The Morgan fingerprint density at radius 1 is 1.15 bits per heavy atom. The van der Waals surface area contributed by atoms with E-state index in [-0.39, 0.29) is 12.0 Å². The van der Waals surface area contributed by atoms with E-state index in [1.165, 1.54) is 17.5 Å². The van der Waals surface area contributed by atoms with Crippen LogP contribution in [0.3, 0.4) is 0 Å². The van der Waals surface area contributed by atoms with Crippen LogP contribution in [0, 0.1) is 5.92 Å². The van der Waals surface area contributed by atoms with Gasteiger partial charge in [0.25, 0.3) is 5.91 Å². The topological polar surface area (TPSA) is 49.3 Å². The fourth-order valence-electron chi connectivity index (χ4n) is 3.40. The Kier molecular flexibility index (Phi) is 4.06. The van der Waals surface area contributed by atoms with Crippen LogP contribution in [-0.4, -0.2) is 23.7 Å². The summed E-state index contributed by atoms with van der Waals surface area (Å²) >= 11 is 0. The van der Waals surface area contributed by atoms with Gasteiger partial charge >= 0.3 is 0 Å². The van der Waals surface area contributed by atoms with Gasteiger partial charge in [0.1, 0.15) is 0 Å². The van der Waals surface area contributed by atoms with E-state index in [1.807, 2.05) is 6.07 Å². The number of benzene rings is 1. The number of amides is 1. The maximum Gasteiger partial charge on any atom is 0.251 e. The average Bonchev–Trinajstić information content (AvgIpc) is 2.93. The lowest BCUT2D eigenvalue weighted by Crippen LogP contribution is -2.32. The van der Waals surface area contributed by atoms with E-state index in [2.05, 4.69) is 17.4 Å². The SMILES string of the molecule is O=C(NCC1CCC(O)CC1)c1ccc2c(c1)CCC2. The lowest BCUT2D eigenvalue weighted by atomic mass is 9.87. The number of carbonyl (C=O) groups excluding carboxylic acids is 1. The molecule has 1 aromatic rings. The van der Waals surface area contributed by atoms with Crippen molar-refractivity contribution in [3.8, 4) is 0 Å². The minimum Gasteiger partial charge on any atom is -0.393 e. The molecule has 2 N–H and O–H groups in total. The van der Waals surface area contributed by atoms with E-state index in [0.29, 0.717) is 5.92 Å². The normalized spacial score (nSPS) is 25.2. The number of nitrogens with one attached hydrogen (secondary N) is 1. The summed E-state index contributed by atoms with van der Waals surface area (Å²) in [6.07, 6.45) is 7.14. The predicted octanol–water partition coefficient (Wildman–Crippen LogP) is 2.46. The number of aryl methyl sites for hydroxylation is 2. The number of aliphatic hydroxyl groups excluding tert-OH is 1. The summed E-state index contributed by atoms with van der Waals surface area (Å²) in [5.74, 6) is 0.572. The second-order valence-corrected chi connectivity index (χ2v) is 6.22. The Hall–Kier alpha value is -1.35. The van der Waals surface area contributed by atoms with E-state index < -0.39 is 0 Å². The molecular formula is C17H23NO2. The number of hydrogen-bond donors (Lipinski definition) is 2. The number of aliphatic hydroxyl groups is 1. The van der Waals surface area contributed by atoms with Crippen LogP contribution < -0.4 is 5.32 Å². The van der Waals surface area contributed by atoms with Crippen molar-refractivity contribution in [2.24, 2.45) is 5.92 Å². The van der Waals surface area contributed by atoms with Crippen molar-refractivity contribution in [2.45, 2.75) is 51.0 Å². The maximum absolute atomic E-state index is 12.2. The van der Waals surface area contributed by atoms with Crippen LogP contribution in [0.2, 0.25) is 0 Å². The first-order valence-corrected chi connectivity index (χ1v) is 7.80. The second-order valence-electron chi connectivity index (χ2n) is 6.22. The summed E-state index contributed by atoms with van der Waals surface area (Å²) in [6, 6.07) is 6.11. The maximum atomic E-state index is 12.2. The van der Waals surface area contributed by atoms with Crippen LogP contribution in [0.1, 0.15) is 53.6 Å². The van der Waals surface area contributed by atoms with E-state index in [1.54, 1.807) is 0 Å². The van der Waals surface area contributed by atoms with Gasteiger partial charge in [-0.1, -0.05) is 6.07 Å². The van der Waals surface area contributed by atoms with Gasteiger partial charge < -0.3 is 10.4 Å². The van der Waals surface area contributed by atoms with Crippen LogP contribution in [0.25, 0.3) is 0 Å². The fraction of sp³-hybridized carbons (Fsp3) is 0.588. The largest absolute Gasteiger partial charge is 0.393 e. The van der Waals surface area contributed by atoms with Crippen molar-refractivity contribution in [1.29, 1.82) is 0 Å². The third kappa shape index (κ3) is 3.04. The molecule has 0 saturated heterocycles. The molecule has 0 aromatic heterocycles. The molecule has 3 rings (SSSR count). The van der Waals surface area contributed by atoms with Gasteiger partial charge in [-0.15, -0.1) is 0 Å². The van der Waals surface area contributed by atoms with Crippen molar-refractivity contribution >= 4 is 5.91 Å². The number of fused-ring (bicyclic) bond motifs is 1. The average molecular weight is 273 g/mol. The van der Waals surface area contributed by atoms with Gasteiger partial charge in [0, 0.05) is 12.1 Å². The zero-order chi connectivity index (χ0) is 13.9. The monoisotopic (exact) mass is 273 g/mol. The van der Waals surface area contributed by atoms with E-state index in [9.17, 15) is 9.90 Å².